The summed E-state index contributed by atoms with van der Waals surface area (Å²) in [6.07, 6.45) is 2.76. The summed E-state index contributed by atoms with van der Waals surface area (Å²) < 4.78 is 33.3. The van der Waals surface area contributed by atoms with Gasteiger partial charge in [0.2, 0.25) is 10.0 Å². The maximum absolute atomic E-state index is 13.2. The molecule has 0 radical (unpaired) electrons. The summed E-state index contributed by atoms with van der Waals surface area (Å²) >= 11 is 6.32. The van der Waals surface area contributed by atoms with E-state index >= 15 is 0 Å². The lowest BCUT2D eigenvalue weighted by Gasteiger charge is -2.35. The first kappa shape index (κ1) is 24.0. The maximum Gasteiger partial charge on any atom is 0.255 e. The van der Waals surface area contributed by atoms with Crippen molar-refractivity contribution in [3.8, 4) is 5.75 Å². The van der Waals surface area contributed by atoms with Gasteiger partial charge in [-0.3, -0.25) is 9.69 Å². The molecule has 2 aromatic carbocycles. The fourth-order valence-electron chi connectivity index (χ4n) is 4.24. The van der Waals surface area contributed by atoms with Crippen molar-refractivity contribution in [3.05, 3.63) is 59.1 Å². The van der Waals surface area contributed by atoms with Gasteiger partial charge in [0.1, 0.15) is 12.4 Å². The van der Waals surface area contributed by atoms with Crippen molar-refractivity contribution < 1.29 is 17.9 Å². The van der Waals surface area contributed by atoms with Crippen LogP contribution in [0.4, 0.5) is 0 Å². The van der Waals surface area contributed by atoms with Gasteiger partial charge in [-0.15, -0.1) is 0 Å². The lowest BCUT2D eigenvalue weighted by Crippen LogP contribution is -2.49. The van der Waals surface area contributed by atoms with Crippen LogP contribution in [-0.2, 0) is 10.0 Å². The smallest absolute Gasteiger partial charge is 0.255 e. The Morgan fingerprint density at radius 3 is 2.30 bits per heavy atom. The van der Waals surface area contributed by atoms with Crippen LogP contribution in [0.25, 0.3) is 0 Å². The summed E-state index contributed by atoms with van der Waals surface area (Å²) in [4.78, 5) is 17.3. The van der Waals surface area contributed by atoms with Crippen LogP contribution in [-0.4, -0.2) is 80.9 Å². The van der Waals surface area contributed by atoms with E-state index in [-0.39, 0.29) is 21.4 Å². The van der Waals surface area contributed by atoms with E-state index in [9.17, 15) is 13.2 Å². The topological polar surface area (TPSA) is 70.2 Å². The van der Waals surface area contributed by atoms with Crippen molar-refractivity contribution in [2.75, 3.05) is 52.4 Å². The van der Waals surface area contributed by atoms with Gasteiger partial charge in [-0.05, 0) is 43.2 Å². The lowest BCUT2D eigenvalue weighted by atomic mass is 10.1. The number of nitrogens with zero attached hydrogens (tertiary/aromatic N) is 3. The second kappa shape index (κ2) is 10.9. The molecule has 0 aromatic heterocycles. The molecule has 4 rings (SSSR count). The summed E-state index contributed by atoms with van der Waals surface area (Å²) in [6, 6.07) is 14.1. The quantitative estimate of drug-likeness (QED) is 0.594. The molecule has 1 amide bonds. The van der Waals surface area contributed by atoms with Crippen LogP contribution >= 0.6 is 11.6 Å². The Hall–Kier alpha value is -2.13. The molecule has 178 valence electrons. The van der Waals surface area contributed by atoms with Gasteiger partial charge >= 0.3 is 0 Å². The second-order valence-electron chi connectivity index (χ2n) is 8.40. The predicted octanol–water partition coefficient (Wildman–Crippen LogP) is 3.35. The molecule has 7 nitrogen and oxygen atoms in total. The third kappa shape index (κ3) is 5.87. The minimum Gasteiger partial charge on any atom is -0.492 e. The lowest BCUT2D eigenvalue weighted by molar-refractivity contribution is 0.0620. The Labute approximate surface area is 200 Å². The molecule has 0 unspecified atom stereocenters. The van der Waals surface area contributed by atoms with Crippen LogP contribution < -0.4 is 4.74 Å². The minimum atomic E-state index is -3.63. The first-order valence-electron chi connectivity index (χ1n) is 11.4. The van der Waals surface area contributed by atoms with Crippen molar-refractivity contribution in [2.24, 2.45) is 0 Å². The van der Waals surface area contributed by atoms with Crippen molar-refractivity contribution in [2.45, 2.75) is 24.2 Å². The molecule has 2 aliphatic rings. The van der Waals surface area contributed by atoms with E-state index in [1.807, 2.05) is 30.3 Å². The van der Waals surface area contributed by atoms with E-state index in [4.69, 9.17) is 16.3 Å². The zero-order valence-electron chi connectivity index (χ0n) is 18.7. The van der Waals surface area contributed by atoms with Crippen LogP contribution in [0.5, 0.6) is 5.75 Å². The molecule has 0 saturated carbocycles. The summed E-state index contributed by atoms with van der Waals surface area (Å²) in [6.45, 7) is 4.98. The van der Waals surface area contributed by atoms with Gasteiger partial charge in [0.25, 0.3) is 5.91 Å². The molecule has 2 aromatic rings. The highest BCUT2D eigenvalue weighted by Crippen LogP contribution is 2.26. The first-order valence-corrected chi connectivity index (χ1v) is 13.3. The van der Waals surface area contributed by atoms with Gasteiger partial charge in [-0.1, -0.05) is 36.2 Å². The van der Waals surface area contributed by atoms with Gasteiger partial charge in [0, 0.05) is 45.8 Å². The van der Waals surface area contributed by atoms with E-state index in [0.29, 0.717) is 32.8 Å². The molecule has 0 spiro atoms. The number of ether oxygens (including phenoxy) is 1. The number of carbonyl (C=O) groups excluding carboxylic acids is 1. The summed E-state index contributed by atoms with van der Waals surface area (Å²) in [5, 5.41) is 0.274. The molecular formula is C24H30ClN3O4S. The van der Waals surface area contributed by atoms with Crippen molar-refractivity contribution in [3.63, 3.8) is 0 Å². The first-order chi connectivity index (χ1) is 15.9. The number of halogens is 1. The largest absolute Gasteiger partial charge is 0.492 e. The number of amides is 1. The van der Waals surface area contributed by atoms with E-state index in [0.717, 1.165) is 44.6 Å². The highest BCUT2D eigenvalue weighted by atomic mass is 35.5. The van der Waals surface area contributed by atoms with Crippen molar-refractivity contribution in [1.29, 1.82) is 0 Å². The molecule has 0 bridgehead atoms. The zero-order chi connectivity index (χ0) is 23.3. The van der Waals surface area contributed by atoms with E-state index < -0.39 is 10.0 Å². The maximum atomic E-state index is 13.2. The minimum absolute atomic E-state index is 0.133. The molecule has 2 saturated heterocycles. The van der Waals surface area contributed by atoms with Gasteiger partial charge < -0.3 is 9.64 Å². The van der Waals surface area contributed by atoms with Gasteiger partial charge in [-0.25, -0.2) is 8.42 Å². The number of rotatable bonds is 7. The van der Waals surface area contributed by atoms with Crippen LogP contribution in [0, 0.1) is 0 Å². The summed E-state index contributed by atoms with van der Waals surface area (Å²) in [5.41, 5.74) is 0.246. The van der Waals surface area contributed by atoms with E-state index in [1.165, 1.54) is 22.5 Å². The van der Waals surface area contributed by atoms with Gasteiger partial charge in [0.05, 0.1) is 15.5 Å². The molecular weight excluding hydrogens is 462 g/mol. The number of carbonyl (C=O) groups is 1. The molecule has 0 aliphatic carbocycles. The normalized spacial score (nSPS) is 18.3. The zero-order valence-corrected chi connectivity index (χ0v) is 20.2. The Morgan fingerprint density at radius 1 is 0.909 bits per heavy atom. The highest BCUT2D eigenvalue weighted by Gasteiger charge is 2.29. The summed E-state index contributed by atoms with van der Waals surface area (Å²) in [5.74, 6) is 0.622. The van der Waals surface area contributed by atoms with Crippen molar-refractivity contribution in [1.82, 2.24) is 14.1 Å². The Balaban J connectivity index is 1.35. The molecule has 0 N–H and O–H groups in total. The Morgan fingerprint density at radius 2 is 1.61 bits per heavy atom. The molecule has 9 heteroatoms. The SMILES string of the molecule is O=C(c1cc(S(=O)(=O)N2CCCCC2)ccc1Cl)N1CCN(CCOc2ccccc2)CC1. The predicted molar refractivity (Wildman–Crippen MR) is 128 cm³/mol. The number of hydrogen-bond acceptors (Lipinski definition) is 5. The number of piperidine rings is 1. The Bertz CT molecular complexity index is 1050. The van der Waals surface area contributed by atoms with Gasteiger partial charge in [0.15, 0.2) is 0 Å². The van der Waals surface area contributed by atoms with Crippen LogP contribution in [0.1, 0.15) is 29.6 Å². The van der Waals surface area contributed by atoms with Crippen LogP contribution in [0.3, 0.4) is 0 Å². The number of piperazine rings is 1. The number of para-hydroxylation sites is 1. The monoisotopic (exact) mass is 491 g/mol. The third-order valence-electron chi connectivity index (χ3n) is 6.20. The molecule has 2 aliphatic heterocycles. The number of hydrogen-bond donors (Lipinski definition) is 0. The molecule has 2 heterocycles. The standard InChI is InChI=1S/C24H30ClN3O4S/c25-23-10-9-21(33(30,31)28-11-5-2-6-12-28)19-22(23)24(29)27-15-13-26(14-16-27)17-18-32-20-7-3-1-4-8-20/h1,3-4,7-10,19H,2,5-6,11-18H2. The van der Waals surface area contributed by atoms with E-state index in [1.54, 1.807) is 4.90 Å². The summed E-state index contributed by atoms with van der Waals surface area (Å²) in [7, 11) is -3.63. The van der Waals surface area contributed by atoms with Crippen LogP contribution in [0.2, 0.25) is 5.02 Å². The number of benzene rings is 2. The average Bonchev–Trinajstić information content (AvgIpc) is 2.85. The van der Waals surface area contributed by atoms with Crippen LogP contribution in [0.15, 0.2) is 53.4 Å². The van der Waals surface area contributed by atoms with Gasteiger partial charge in [-0.2, -0.15) is 4.31 Å². The fraction of sp³-hybridized carbons (Fsp3) is 0.458. The highest BCUT2D eigenvalue weighted by molar-refractivity contribution is 7.89. The third-order valence-corrected chi connectivity index (χ3v) is 8.42. The van der Waals surface area contributed by atoms with Crippen molar-refractivity contribution >= 4 is 27.5 Å². The van der Waals surface area contributed by atoms with E-state index in [2.05, 4.69) is 4.90 Å². The second-order valence-corrected chi connectivity index (χ2v) is 10.7. The number of sulfonamides is 1. The molecule has 0 atom stereocenters. The molecule has 2 fully saturated rings. The molecule has 33 heavy (non-hydrogen) atoms. The Kier molecular flexibility index (Phi) is 7.90. The fourth-order valence-corrected chi connectivity index (χ4v) is 5.98. The average molecular weight is 492 g/mol.